The first-order valence-corrected chi connectivity index (χ1v) is 15.2. The van der Waals surface area contributed by atoms with Crippen LogP contribution in [-0.2, 0) is 6.54 Å². The second-order valence-electron chi connectivity index (χ2n) is 11.3. The van der Waals surface area contributed by atoms with Crippen LogP contribution in [0.1, 0.15) is 43.7 Å². The van der Waals surface area contributed by atoms with Crippen molar-refractivity contribution in [2.24, 2.45) is 5.41 Å². The van der Waals surface area contributed by atoms with Crippen molar-refractivity contribution < 1.29 is 9.90 Å². The lowest BCUT2D eigenvalue weighted by molar-refractivity contribution is -0.136. The third kappa shape index (κ3) is 5.00. The van der Waals surface area contributed by atoms with E-state index < -0.39 is 11.0 Å². The van der Waals surface area contributed by atoms with E-state index in [4.69, 9.17) is 0 Å². The number of urea groups is 1. The van der Waals surface area contributed by atoms with E-state index in [-0.39, 0.29) is 24.2 Å². The molecule has 3 aromatic rings. The van der Waals surface area contributed by atoms with Crippen LogP contribution < -0.4 is 5.56 Å². The van der Waals surface area contributed by atoms with Gasteiger partial charge in [0.2, 0.25) is 0 Å². The highest BCUT2D eigenvalue weighted by atomic mass is 32.2. The summed E-state index contributed by atoms with van der Waals surface area (Å²) in [5.41, 5.74) is 1.03. The number of amides is 2. The first-order valence-electron chi connectivity index (χ1n) is 14.0. The standard InChI is InChI=1S/C31H36N4O3S/c36-28-19-26(24-9-3-1-4-10-24)32-23-34(28)22-31(38)15-16-33(21-30(31)13-7-8-14-30)29(37)35-17-18-39-20-27(35)25-11-5-2-6-12-25/h1-6,9-12,19,23,27,38H,7-8,13-18,20-22H2/t27?,31-/m1/s1. The van der Waals surface area contributed by atoms with Crippen molar-refractivity contribution in [1.29, 1.82) is 0 Å². The molecule has 2 aliphatic heterocycles. The molecule has 2 aromatic carbocycles. The Morgan fingerprint density at radius 1 is 1.00 bits per heavy atom. The Morgan fingerprint density at radius 2 is 1.72 bits per heavy atom. The SMILES string of the molecule is O=C(N1CC[C@@](O)(Cn2cnc(-c3ccccc3)cc2=O)C2(CCCC2)C1)N1CCSCC1c1ccccc1. The molecule has 39 heavy (non-hydrogen) atoms. The highest BCUT2D eigenvalue weighted by molar-refractivity contribution is 7.99. The number of likely N-dealkylation sites (tertiary alicyclic amines) is 1. The molecule has 7 nitrogen and oxygen atoms in total. The topological polar surface area (TPSA) is 78.7 Å². The van der Waals surface area contributed by atoms with Crippen LogP contribution in [-0.4, -0.2) is 67.2 Å². The number of hydrogen-bond acceptors (Lipinski definition) is 5. The fraction of sp³-hybridized carbons (Fsp3) is 0.452. The first-order chi connectivity index (χ1) is 19.0. The fourth-order valence-electron chi connectivity index (χ4n) is 6.82. The molecule has 0 bridgehead atoms. The molecule has 1 unspecified atom stereocenters. The maximum Gasteiger partial charge on any atom is 0.320 e. The zero-order valence-electron chi connectivity index (χ0n) is 22.2. The van der Waals surface area contributed by atoms with Gasteiger partial charge in [0.1, 0.15) is 0 Å². The molecule has 6 rings (SSSR count). The molecule has 1 aliphatic carbocycles. The minimum Gasteiger partial charge on any atom is -0.387 e. The van der Waals surface area contributed by atoms with Crippen molar-refractivity contribution in [3.63, 3.8) is 0 Å². The summed E-state index contributed by atoms with van der Waals surface area (Å²) in [5, 5.41) is 12.2. The molecule has 0 radical (unpaired) electrons. The van der Waals surface area contributed by atoms with Crippen LogP contribution in [0, 0.1) is 5.41 Å². The normalized spacial score (nSPS) is 24.7. The van der Waals surface area contributed by atoms with Crippen LogP contribution in [0.15, 0.2) is 77.9 Å². The van der Waals surface area contributed by atoms with Crippen molar-refractivity contribution >= 4 is 17.8 Å². The number of carbonyl (C=O) groups excluding carboxylic acids is 1. The average Bonchev–Trinajstić information content (AvgIpc) is 3.46. The van der Waals surface area contributed by atoms with Gasteiger partial charge in [0.05, 0.1) is 30.2 Å². The summed E-state index contributed by atoms with van der Waals surface area (Å²) < 4.78 is 1.55. The summed E-state index contributed by atoms with van der Waals surface area (Å²) in [5.74, 6) is 1.83. The van der Waals surface area contributed by atoms with E-state index in [2.05, 4.69) is 17.1 Å². The summed E-state index contributed by atoms with van der Waals surface area (Å²) >= 11 is 1.90. The molecule has 204 valence electrons. The molecule has 2 amide bonds. The number of hydrogen-bond donors (Lipinski definition) is 1. The molecule has 2 saturated heterocycles. The summed E-state index contributed by atoms with van der Waals surface area (Å²) in [6, 6.07) is 21.6. The molecule has 3 fully saturated rings. The molecule has 8 heteroatoms. The van der Waals surface area contributed by atoms with Gasteiger partial charge in [-0.2, -0.15) is 11.8 Å². The number of benzene rings is 2. The van der Waals surface area contributed by atoms with Gasteiger partial charge in [-0.25, -0.2) is 9.78 Å². The molecule has 3 aliphatic rings. The van der Waals surface area contributed by atoms with Crippen molar-refractivity contribution in [2.75, 3.05) is 31.1 Å². The molecule has 1 aromatic heterocycles. The van der Waals surface area contributed by atoms with Crippen molar-refractivity contribution in [1.82, 2.24) is 19.4 Å². The first kappa shape index (κ1) is 26.1. The summed E-state index contributed by atoms with van der Waals surface area (Å²) in [4.78, 5) is 35.6. The lowest BCUT2D eigenvalue weighted by Crippen LogP contribution is -2.63. The van der Waals surface area contributed by atoms with Gasteiger partial charge in [0, 0.05) is 48.2 Å². The molecule has 1 N–H and O–H groups in total. The maximum atomic E-state index is 14.0. The second-order valence-corrected chi connectivity index (χ2v) is 12.4. The summed E-state index contributed by atoms with van der Waals surface area (Å²) in [7, 11) is 0. The Kier molecular flexibility index (Phi) is 7.25. The van der Waals surface area contributed by atoms with Crippen molar-refractivity contribution in [3.05, 3.63) is 89.0 Å². The van der Waals surface area contributed by atoms with Gasteiger partial charge >= 0.3 is 6.03 Å². The average molecular weight is 545 g/mol. The minimum atomic E-state index is -1.07. The van der Waals surface area contributed by atoms with Gasteiger partial charge in [-0.1, -0.05) is 73.5 Å². The van der Waals surface area contributed by atoms with Crippen LogP contribution in [0.4, 0.5) is 4.79 Å². The van der Waals surface area contributed by atoms with Gasteiger partial charge in [-0.15, -0.1) is 0 Å². The molecule has 1 spiro atoms. The van der Waals surface area contributed by atoms with Gasteiger partial charge in [0.25, 0.3) is 5.56 Å². The molecule has 2 atom stereocenters. The Morgan fingerprint density at radius 3 is 2.44 bits per heavy atom. The number of aliphatic hydroxyl groups is 1. The fourth-order valence-corrected chi connectivity index (χ4v) is 7.91. The van der Waals surface area contributed by atoms with Crippen molar-refractivity contribution in [2.45, 2.75) is 50.3 Å². The Labute approximate surface area is 233 Å². The third-order valence-electron chi connectivity index (χ3n) is 9.05. The molecule has 1 saturated carbocycles. The van der Waals surface area contributed by atoms with E-state index in [1.54, 1.807) is 17.0 Å². The van der Waals surface area contributed by atoms with E-state index in [1.165, 1.54) is 5.56 Å². The third-order valence-corrected chi connectivity index (χ3v) is 10.1. The van der Waals surface area contributed by atoms with Gasteiger partial charge in [-0.3, -0.25) is 9.36 Å². The lowest BCUT2D eigenvalue weighted by atomic mass is 9.66. The quantitative estimate of drug-likeness (QED) is 0.510. The Hall–Kier alpha value is -3.10. The van der Waals surface area contributed by atoms with Crippen LogP contribution in [0.2, 0.25) is 0 Å². The predicted molar refractivity (Wildman–Crippen MR) is 155 cm³/mol. The zero-order valence-corrected chi connectivity index (χ0v) is 23.1. The Balaban J connectivity index is 1.23. The van der Waals surface area contributed by atoms with Gasteiger partial charge in [0.15, 0.2) is 0 Å². The second kappa shape index (κ2) is 10.8. The molecular formula is C31H36N4O3S. The Bertz CT molecular complexity index is 1360. The largest absolute Gasteiger partial charge is 0.387 e. The predicted octanol–water partition coefficient (Wildman–Crippen LogP) is 4.82. The van der Waals surface area contributed by atoms with Gasteiger partial charge < -0.3 is 14.9 Å². The van der Waals surface area contributed by atoms with E-state index in [0.29, 0.717) is 25.2 Å². The lowest BCUT2D eigenvalue weighted by Gasteiger charge is -2.53. The van der Waals surface area contributed by atoms with E-state index >= 15 is 0 Å². The van der Waals surface area contributed by atoms with Crippen LogP contribution in [0.25, 0.3) is 11.3 Å². The number of piperidine rings is 1. The molecule has 3 heterocycles. The van der Waals surface area contributed by atoms with E-state index in [0.717, 1.165) is 49.3 Å². The number of rotatable bonds is 4. The monoisotopic (exact) mass is 544 g/mol. The smallest absolute Gasteiger partial charge is 0.320 e. The van der Waals surface area contributed by atoms with Gasteiger partial charge in [-0.05, 0) is 24.8 Å². The van der Waals surface area contributed by atoms with Crippen LogP contribution in [0.5, 0.6) is 0 Å². The number of carbonyl (C=O) groups is 1. The zero-order chi connectivity index (χ0) is 26.9. The maximum absolute atomic E-state index is 14.0. The van der Waals surface area contributed by atoms with Crippen LogP contribution in [0.3, 0.4) is 0 Å². The highest BCUT2D eigenvalue weighted by Gasteiger charge is 2.56. The van der Waals surface area contributed by atoms with E-state index in [1.807, 2.05) is 70.1 Å². The summed E-state index contributed by atoms with van der Waals surface area (Å²) in [6.45, 7) is 1.93. The number of thioether (sulfide) groups is 1. The van der Waals surface area contributed by atoms with Crippen molar-refractivity contribution in [3.8, 4) is 11.3 Å². The van der Waals surface area contributed by atoms with E-state index in [9.17, 15) is 14.7 Å². The highest BCUT2D eigenvalue weighted by Crippen LogP contribution is 2.52. The molecular weight excluding hydrogens is 508 g/mol. The van der Waals surface area contributed by atoms with Crippen LogP contribution >= 0.6 is 11.8 Å². The minimum absolute atomic E-state index is 0.0607. The number of nitrogens with zero attached hydrogens (tertiary/aromatic N) is 4. The number of aromatic nitrogens is 2. The summed E-state index contributed by atoms with van der Waals surface area (Å²) in [6.07, 6.45) is 5.78.